The lowest BCUT2D eigenvalue weighted by Gasteiger charge is -2.22. The highest BCUT2D eigenvalue weighted by Gasteiger charge is 2.22. The zero-order valence-electron chi connectivity index (χ0n) is 10.1. The van der Waals surface area contributed by atoms with Gasteiger partial charge in [0.1, 0.15) is 5.82 Å². The molecule has 0 bridgehead atoms. The Morgan fingerprint density at radius 3 is 2.68 bits per heavy atom. The number of benzene rings is 1. The molecule has 0 fully saturated rings. The van der Waals surface area contributed by atoms with Crippen molar-refractivity contribution < 1.29 is 9.50 Å². The molecule has 3 nitrogen and oxygen atoms in total. The third-order valence-corrected chi connectivity index (χ3v) is 3.43. The van der Waals surface area contributed by atoms with Crippen molar-refractivity contribution >= 4 is 15.9 Å². The standard InChI is InChI=1S/C14H14BrFN2O/c15-11-4-10(5-12(16)6-11)14(19)13(7-17)9-2-1-3-18-8-9/h1-6,8,13-14,19H,7,17H2. The first-order valence-corrected chi connectivity index (χ1v) is 6.65. The lowest BCUT2D eigenvalue weighted by atomic mass is 9.90. The number of rotatable bonds is 4. The van der Waals surface area contributed by atoms with Gasteiger partial charge in [-0.25, -0.2) is 4.39 Å². The van der Waals surface area contributed by atoms with Crippen LogP contribution in [0.2, 0.25) is 0 Å². The molecule has 0 spiro atoms. The van der Waals surface area contributed by atoms with Crippen LogP contribution in [0.25, 0.3) is 0 Å². The molecule has 1 aromatic heterocycles. The first kappa shape index (κ1) is 14.1. The van der Waals surface area contributed by atoms with Crippen LogP contribution < -0.4 is 5.73 Å². The molecule has 2 rings (SSSR count). The maximum atomic E-state index is 13.4. The molecule has 0 radical (unpaired) electrons. The first-order valence-electron chi connectivity index (χ1n) is 5.86. The molecular formula is C14H14BrFN2O. The molecule has 0 aliphatic carbocycles. The molecule has 0 amide bonds. The summed E-state index contributed by atoms with van der Waals surface area (Å²) in [5, 5.41) is 10.4. The van der Waals surface area contributed by atoms with Crippen molar-refractivity contribution in [2.45, 2.75) is 12.0 Å². The summed E-state index contributed by atoms with van der Waals surface area (Å²) >= 11 is 3.21. The molecule has 2 unspecified atom stereocenters. The fourth-order valence-corrected chi connectivity index (χ4v) is 2.50. The van der Waals surface area contributed by atoms with Crippen LogP contribution in [0.5, 0.6) is 0 Å². The van der Waals surface area contributed by atoms with Gasteiger partial charge in [0.25, 0.3) is 0 Å². The van der Waals surface area contributed by atoms with E-state index in [0.29, 0.717) is 10.0 Å². The molecule has 3 N–H and O–H groups in total. The van der Waals surface area contributed by atoms with Crippen LogP contribution in [0.3, 0.4) is 0 Å². The van der Waals surface area contributed by atoms with Gasteiger partial charge in [-0.1, -0.05) is 22.0 Å². The van der Waals surface area contributed by atoms with Crippen molar-refractivity contribution in [2.24, 2.45) is 5.73 Å². The van der Waals surface area contributed by atoms with Gasteiger partial charge in [0.15, 0.2) is 0 Å². The quantitative estimate of drug-likeness (QED) is 0.909. The van der Waals surface area contributed by atoms with Crippen molar-refractivity contribution in [3.8, 4) is 0 Å². The number of nitrogens with two attached hydrogens (primary N) is 1. The van der Waals surface area contributed by atoms with Gasteiger partial charge in [-0.2, -0.15) is 0 Å². The van der Waals surface area contributed by atoms with Crippen LogP contribution in [0.4, 0.5) is 4.39 Å². The molecule has 19 heavy (non-hydrogen) atoms. The van der Waals surface area contributed by atoms with E-state index in [1.807, 2.05) is 6.07 Å². The van der Waals surface area contributed by atoms with Crippen molar-refractivity contribution in [1.82, 2.24) is 4.98 Å². The van der Waals surface area contributed by atoms with E-state index < -0.39 is 11.9 Å². The van der Waals surface area contributed by atoms with Gasteiger partial charge in [-0.3, -0.25) is 4.98 Å². The Kier molecular flexibility index (Phi) is 4.63. The van der Waals surface area contributed by atoms with Crippen LogP contribution in [0.1, 0.15) is 23.1 Å². The van der Waals surface area contributed by atoms with Crippen LogP contribution in [0.15, 0.2) is 47.2 Å². The smallest absolute Gasteiger partial charge is 0.124 e. The minimum atomic E-state index is -0.874. The molecule has 2 aromatic rings. The van der Waals surface area contributed by atoms with E-state index in [4.69, 9.17) is 5.73 Å². The third kappa shape index (κ3) is 3.37. The summed E-state index contributed by atoms with van der Waals surface area (Å²) < 4.78 is 14.0. The zero-order valence-corrected chi connectivity index (χ0v) is 11.7. The summed E-state index contributed by atoms with van der Waals surface area (Å²) in [6.45, 7) is 0.251. The topological polar surface area (TPSA) is 59.1 Å². The average molecular weight is 325 g/mol. The number of nitrogens with zero attached hydrogens (tertiary/aromatic N) is 1. The van der Waals surface area contributed by atoms with Gasteiger partial charge >= 0.3 is 0 Å². The van der Waals surface area contributed by atoms with Crippen molar-refractivity contribution in [1.29, 1.82) is 0 Å². The van der Waals surface area contributed by atoms with Gasteiger partial charge in [-0.15, -0.1) is 0 Å². The maximum Gasteiger partial charge on any atom is 0.124 e. The van der Waals surface area contributed by atoms with Gasteiger partial charge < -0.3 is 10.8 Å². The molecule has 0 aliphatic rings. The first-order chi connectivity index (χ1) is 9.11. The van der Waals surface area contributed by atoms with E-state index in [1.54, 1.807) is 24.5 Å². The largest absolute Gasteiger partial charge is 0.388 e. The van der Waals surface area contributed by atoms with Crippen molar-refractivity contribution in [3.05, 3.63) is 64.1 Å². The van der Waals surface area contributed by atoms with E-state index in [0.717, 1.165) is 5.56 Å². The minimum absolute atomic E-state index is 0.251. The molecule has 0 saturated carbocycles. The Balaban J connectivity index is 2.33. The summed E-state index contributed by atoms with van der Waals surface area (Å²) in [7, 11) is 0. The Bertz CT molecular complexity index is 530. The number of hydrogen-bond acceptors (Lipinski definition) is 3. The highest BCUT2D eigenvalue weighted by atomic mass is 79.9. The summed E-state index contributed by atoms with van der Waals surface area (Å²) in [5.74, 6) is -0.715. The summed E-state index contributed by atoms with van der Waals surface area (Å²) in [6, 6.07) is 7.98. The predicted octanol–water partition coefficient (Wildman–Crippen LogP) is 2.76. The van der Waals surface area contributed by atoms with E-state index in [-0.39, 0.29) is 12.5 Å². The Morgan fingerprint density at radius 2 is 2.11 bits per heavy atom. The van der Waals surface area contributed by atoms with Gasteiger partial charge in [-0.05, 0) is 35.4 Å². The summed E-state index contributed by atoms with van der Waals surface area (Å²) in [5.41, 5.74) is 7.05. The number of halogens is 2. The minimum Gasteiger partial charge on any atom is -0.388 e. The van der Waals surface area contributed by atoms with E-state index in [1.165, 1.54) is 12.1 Å². The van der Waals surface area contributed by atoms with Crippen LogP contribution in [0, 0.1) is 5.82 Å². The van der Waals surface area contributed by atoms with Gasteiger partial charge in [0.2, 0.25) is 0 Å². The van der Waals surface area contributed by atoms with Gasteiger partial charge in [0.05, 0.1) is 6.10 Å². The van der Waals surface area contributed by atoms with Crippen LogP contribution in [-0.2, 0) is 0 Å². The molecule has 2 atom stereocenters. The number of aliphatic hydroxyl groups is 1. The molecule has 1 aromatic carbocycles. The number of hydrogen-bond donors (Lipinski definition) is 2. The highest BCUT2D eigenvalue weighted by molar-refractivity contribution is 9.10. The lowest BCUT2D eigenvalue weighted by molar-refractivity contribution is 0.147. The Hall–Kier alpha value is -1.30. The fraction of sp³-hybridized carbons (Fsp3) is 0.214. The SMILES string of the molecule is NCC(c1cccnc1)C(O)c1cc(F)cc(Br)c1. The van der Waals surface area contributed by atoms with Crippen molar-refractivity contribution in [2.75, 3.05) is 6.54 Å². The van der Waals surface area contributed by atoms with E-state index in [9.17, 15) is 9.50 Å². The highest BCUT2D eigenvalue weighted by Crippen LogP contribution is 2.31. The molecule has 100 valence electrons. The third-order valence-electron chi connectivity index (χ3n) is 2.97. The molecule has 0 saturated heterocycles. The monoisotopic (exact) mass is 324 g/mol. The Morgan fingerprint density at radius 1 is 1.32 bits per heavy atom. The Labute approximate surface area is 119 Å². The summed E-state index contributed by atoms with van der Waals surface area (Å²) in [4.78, 5) is 4.01. The van der Waals surface area contributed by atoms with Gasteiger partial charge in [0, 0.05) is 29.3 Å². The second-order valence-corrected chi connectivity index (χ2v) is 5.19. The number of aliphatic hydroxyl groups excluding tert-OH is 1. The molecule has 0 aliphatic heterocycles. The normalized spacial score (nSPS) is 14.1. The maximum absolute atomic E-state index is 13.4. The number of pyridine rings is 1. The zero-order chi connectivity index (χ0) is 13.8. The second kappa shape index (κ2) is 6.23. The predicted molar refractivity (Wildman–Crippen MR) is 75.1 cm³/mol. The van der Waals surface area contributed by atoms with Crippen molar-refractivity contribution in [3.63, 3.8) is 0 Å². The second-order valence-electron chi connectivity index (χ2n) is 4.28. The lowest BCUT2D eigenvalue weighted by Crippen LogP contribution is -2.20. The fourth-order valence-electron chi connectivity index (χ4n) is 2.02. The molecule has 1 heterocycles. The molecule has 5 heteroatoms. The van der Waals surface area contributed by atoms with E-state index in [2.05, 4.69) is 20.9 Å². The molecular weight excluding hydrogens is 311 g/mol. The summed E-state index contributed by atoms with van der Waals surface area (Å²) in [6.07, 6.45) is 2.44. The van der Waals surface area contributed by atoms with E-state index >= 15 is 0 Å². The average Bonchev–Trinajstić information content (AvgIpc) is 2.39. The van der Waals surface area contributed by atoms with Crippen LogP contribution in [-0.4, -0.2) is 16.6 Å². The van der Waals surface area contributed by atoms with Crippen LogP contribution >= 0.6 is 15.9 Å². The number of aromatic nitrogens is 1.